The molecule has 1 fully saturated rings. The van der Waals surface area contributed by atoms with Crippen LogP contribution in [-0.2, 0) is 0 Å². The Hall–Kier alpha value is -1.10. The minimum absolute atomic E-state index is 0.165. The number of nitrogens with zero attached hydrogens (tertiary/aromatic N) is 3. The molecule has 2 rings (SSSR count). The van der Waals surface area contributed by atoms with Gasteiger partial charge in [-0.2, -0.15) is 15.0 Å². The second-order valence-corrected chi connectivity index (χ2v) is 5.20. The third-order valence-corrected chi connectivity index (χ3v) is 3.59. The van der Waals surface area contributed by atoms with Gasteiger partial charge in [0.05, 0.1) is 6.61 Å². The first-order chi connectivity index (χ1) is 9.28. The molecule has 6 heteroatoms. The van der Waals surface area contributed by atoms with E-state index >= 15 is 0 Å². The summed E-state index contributed by atoms with van der Waals surface area (Å²) in [5.74, 6) is 1.34. The first-order valence-corrected chi connectivity index (χ1v) is 7.44. The lowest BCUT2D eigenvalue weighted by Gasteiger charge is -2.21. The van der Waals surface area contributed by atoms with Gasteiger partial charge in [-0.25, -0.2) is 0 Å². The average molecular weight is 285 g/mol. The zero-order valence-electron chi connectivity index (χ0n) is 11.4. The van der Waals surface area contributed by atoms with E-state index in [1.807, 2.05) is 6.92 Å². The van der Waals surface area contributed by atoms with Gasteiger partial charge in [-0.1, -0.05) is 32.1 Å². The smallest absolute Gasteiger partial charge is 0.322 e. The largest absolute Gasteiger partial charge is 0.464 e. The summed E-state index contributed by atoms with van der Waals surface area (Å²) in [6.45, 7) is 3.27. The van der Waals surface area contributed by atoms with Crippen LogP contribution in [0.1, 0.15) is 45.4 Å². The third-order valence-electron chi connectivity index (χ3n) is 3.42. The summed E-state index contributed by atoms with van der Waals surface area (Å²) >= 11 is 5.83. The van der Waals surface area contributed by atoms with Crippen molar-refractivity contribution in [2.24, 2.45) is 5.92 Å². The lowest BCUT2D eigenvalue weighted by Crippen LogP contribution is -2.14. The highest BCUT2D eigenvalue weighted by Gasteiger charge is 2.13. The highest BCUT2D eigenvalue weighted by Crippen LogP contribution is 2.26. The van der Waals surface area contributed by atoms with Gasteiger partial charge < -0.3 is 10.1 Å². The fourth-order valence-corrected chi connectivity index (χ4v) is 2.62. The number of rotatable bonds is 6. The molecule has 1 aromatic rings. The van der Waals surface area contributed by atoms with Crippen LogP contribution in [0, 0.1) is 5.92 Å². The summed E-state index contributed by atoms with van der Waals surface area (Å²) in [5.41, 5.74) is 0. The molecule has 0 radical (unpaired) electrons. The number of hydrogen-bond acceptors (Lipinski definition) is 5. The number of aromatic nitrogens is 3. The van der Waals surface area contributed by atoms with E-state index in [-0.39, 0.29) is 11.3 Å². The molecule has 0 aromatic carbocycles. The monoisotopic (exact) mass is 284 g/mol. The lowest BCUT2D eigenvalue weighted by molar-refractivity contribution is 0.311. The van der Waals surface area contributed by atoms with Gasteiger partial charge in [0, 0.05) is 6.54 Å². The van der Waals surface area contributed by atoms with Crippen molar-refractivity contribution in [3.8, 4) is 6.01 Å². The van der Waals surface area contributed by atoms with Crippen LogP contribution in [-0.4, -0.2) is 28.1 Å². The first-order valence-electron chi connectivity index (χ1n) is 7.06. The molecule has 0 bridgehead atoms. The summed E-state index contributed by atoms with van der Waals surface area (Å²) in [5, 5.41) is 3.37. The molecule has 106 valence electrons. The first kappa shape index (κ1) is 14.3. The zero-order chi connectivity index (χ0) is 13.5. The summed E-state index contributed by atoms with van der Waals surface area (Å²) in [7, 11) is 0. The molecule has 0 aliphatic heterocycles. The Morgan fingerprint density at radius 1 is 1.21 bits per heavy atom. The predicted octanol–water partition coefficient (Wildman–Crippen LogP) is 3.31. The van der Waals surface area contributed by atoms with E-state index in [2.05, 4.69) is 20.3 Å². The number of halogens is 1. The fourth-order valence-electron chi connectivity index (χ4n) is 2.47. The van der Waals surface area contributed by atoms with Gasteiger partial charge in [0.2, 0.25) is 11.2 Å². The second-order valence-electron chi connectivity index (χ2n) is 4.86. The van der Waals surface area contributed by atoms with Crippen LogP contribution in [0.15, 0.2) is 0 Å². The van der Waals surface area contributed by atoms with Crippen LogP contribution in [0.4, 0.5) is 5.95 Å². The second kappa shape index (κ2) is 7.48. The third kappa shape index (κ3) is 4.82. The molecule has 1 aromatic heterocycles. The van der Waals surface area contributed by atoms with Crippen LogP contribution < -0.4 is 10.1 Å². The molecular formula is C13H21ClN4O. The van der Waals surface area contributed by atoms with Gasteiger partial charge in [-0.05, 0) is 30.9 Å². The van der Waals surface area contributed by atoms with E-state index in [0.29, 0.717) is 12.6 Å². The standard InChI is InChI=1S/C13H21ClN4O/c1-2-19-13-17-11(14)16-12(18-13)15-9-8-10-6-4-3-5-7-10/h10H,2-9H2,1H3,(H,15,16,17,18). The van der Waals surface area contributed by atoms with Gasteiger partial charge in [0.25, 0.3) is 0 Å². The van der Waals surface area contributed by atoms with Crippen molar-refractivity contribution in [3.63, 3.8) is 0 Å². The molecular weight excluding hydrogens is 264 g/mol. The molecule has 0 unspecified atom stereocenters. The zero-order valence-corrected chi connectivity index (χ0v) is 12.1. The maximum Gasteiger partial charge on any atom is 0.322 e. The lowest BCUT2D eigenvalue weighted by atomic mass is 9.87. The Kier molecular flexibility index (Phi) is 5.63. The minimum Gasteiger partial charge on any atom is -0.464 e. The van der Waals surface area contributed by atoms with Crippen molar-refractivity contribution in [3.05, 3.63) is 5.28 Å². The quantitative estimate of drug-likeness (QED) is 0.868. The maximum atomic E-state index is 5.83. The highest BCUT2D eigenvalue weighted by molar-refractivity contribution is 6.28. The molecule has 0 spiro atoms. The Morgan fingerprint density at radius 3 is 2.74 bits per heavy atom. The molecule has 19 heavy (non-hydrogen) atoms. The van der Waals surface area contributed by atoms with Crippen molar-refractivity contribution < 1.29 is 4.74 Å². The van der Waals surface area contributed by atoms with Crippen LogP contribution in [0.3, 0.4) is 0 Å². The van der Waals surface area contributed by atoms with Crippen LogP contribution in [0.5, 0.6) is 6.01 Å². The molecule has 1 aliphatic rings. The van der Waals surface area contributed by atoms with Crippen molar-refractivity contribution in [1.82, 2.24) is 15.0 Å². The predicted molar refractivity (Wildman–Crippen MR) is 75.7 cm³/mol. The van der Waals surface area contributed by atoms with Crippen molar-refractivity contribution in [1.29, 1.82) is 0 Å². The number of ether oxygens (including phenoxy) is 1. The van der Waals surface area contributed by atoms with Crippen molar-refractivity contribution >= 4 is 17.5 Å². The van der Waals surface area contributed by atoms with Crippen molar-refractivity contribution in [2.75, 3.05) is 18.5 Å². The van der Waals surface area contributed by atoms with E-state index in [9.17, 15) is 0 Å². The van der Waals surface area contributed by atoms with Crippen LogP contribution in [0.2, 0.25) is 5.28 Å². The summed E-state index contributed by atoms with van der Waals surface area (Å²) < 4.78 is 5.24. The Bertz CT molecular complexity index is 396. The van der Waals surface area contributed by atoms with Gasteiger partial charge in [0.1, 0.15) is 0 Å². The van der Waals surface area contributed by atoms with E-state index in [0.717, 1.165) is 18.9 Å². The number of nitrogens with one attached hydrogen (secondary N) is 1. The number of anilines is 1. The van der Waals surface area contributed by atoms with Gasteiger partial charge >= 0.3 is 6.01 Å². The van der Waals surface area contributed by atoms with Gasteiger partial charge in [-0.15, -0.1) is 0 Å². The van der Waals surface area contributed by atoms with E-state index in [4.69, 9.17) is 16.3 Å². The normalized spacial score (nSPS) is 16.3. The van der Waals surface area contributed by atoms with E-state index in [1.165, 1.54) is 32.1 Å². The molecule has 0 atom stereocenters. The van der Waals surface area contributed by atoms with Crippen molar-refractivity contribution in [2.45, 2.75) is 45.4 Å². The van der Waals surface area contributed by atoms with Crippen LogP contribution in [0.25, 0.3) is 0 Å². The van der Waals surface area contributed by atoms with Gasteiger partial charge in [-0.3, -0.25) is 0 Å². The molecule has 0 amide bonds. The summed E-state index contributed by atoms with van der Waals surface area (Å²) in [6, 6.07) is 0.280. The topological polar surface area (TPSA) is 59.9 Å². The molecule has 0 saturated heterocycles. The number of hydrogen-bond donors (Lipinski definition) is 1. The molecule has 1 saturated carbocycles. The molecule has 1 aliphatic carbocycles. The molecule has 5 nitrogen and oxygen atoms in total. The Balaban J connectivity index is 1.81. The molecule has 1 N–H and O–H groups in total. The Morgan fingerprint density at radius 2 is 2.00 bits per heavy atom. The summed E-state index contributed by atoms with van der Waals surface area (Å²) in [6.07, 6.45) is 8.00. The van der Waals surface area contributed by atoms with Crippen LogP contribution >= 0.6 is 11.6 Å². The minimum atomic E-state index is 0.165. The maximum absolute atomic E-state index is 5.83. The summed E-state index contributed by atoms with van der Waals surface area (Å²) in [4.78, 5) is 12.1. The average Bonchev–Trinajstić information content (AvgIpc) is 2.40. The van der Waals surface area contributed by atoms with E-state index in [1.54, 1.807) is 0 Å². The van der Waals surface area contributed by atoms with Gasteiger partial charge in [0.15, 0.2) is 0 Å². The SMILES string of the molecule is CCOc1nc(Cl)nc(NCCC2CCCCC2)n1. The molecule has 1 heterocycles. The Labute approximate surface area is 119 Å². The fraction of sp³-hybridized carbons (Fsp3) is 0.769. The highest BCUT2D eigenvalue weighted by atomic mass is 35.5. The van der Waals surface area contributed by atoms with E-state index < -0.39 is 0 Å².